The molecule has 1 saturated heterocycles. The number of imidazole rings is 1. The number of likely N-dealkylation sites (N-methyl/N-ethyl adjacent to an activating group) is 1. The Morgan fingerprint density at radius 1 is 1.23 bits per heavy atom. The van der Waals surface area contributed by atoms with Gasteiger partial charge in [0.2, 0.25) is 0 Å². The van der Waals surface area contributed by atoms with E-state index in [1.165, 1.54) is 24.5 Å². The van der Waals surface area contributed by atoms with Gasteiger partial charge in [0.25, 0.3) is 0 Å². The van der Waals surface area contributed by atoms with E-state index in [0.717, 1.165) is 12.8 Å². The molecule has 4 atom stereocenters. The number of benzene rings is 1. The highest BCUT2D eigenvalue weighted by molar-refractivity contribution is 5.86. The second-order valence-corrected chi connectivity index (χ2v) is 10.3. The molecule has 3 aromatic heterocycles. The van der Waals surface area contributed by atoms with Gasteiger partial charge in [-0.2, -0.15) is 0 Å². The number of halogens is 3. The van der Waals surface area contributed by atoms with E-state index in [0.29, 0.717) is 46.2 Å². The lowest BCUT2D eigenvalue weighted by molar-refractivity contribution is -0.274. The summed E-state index contributed by atoms with van der Waals surface area (Å²) in [7, 11) is 1.96. The van der Waals surface area contributed by atoms with Crippen molar-refractivity contribution in [1.29, 1.82) is 0 Å². The number of nitrogens with one attached hydrogen (secondary N) is 1. The zero-order chi connectivity index (χ0) is 28.2. The molecule has 40 heavy (non-hydrogen) atoms. The maximum Gasteiger partial charge on any atom is 0.573 e. The van der Waals surface area contributed by atoms with Gasteiger partial charge in [-0.05, 0) is 50.1 Å². The third-order valence-corrected chi connectivity index (χ3v) is 7.62. The predicted octanol–water partition coefficient (Wildman–Crippen LogP) is 2.83. The van der Waals surface area contributed by atoms with E-state index in [1.54, 1.807) is 16.8 Å². The Morgan fingerprint density at radius 2 is 2.02 bits per heavy atom. The first-order valence-corrected chi connectivity index (χ1v) is 12.8. The molecule has 2 aliphatic rings. The van der Waals surface area contributed by atoms with Crippen molar-refractivity contribution in [2.45, 2.75) is 49.8 Å². The van der Waals surface area contributed by atoms with Gasteiger partial charge < -0.3 is 39.9 Å². The van der Waals surface area contributed by atoms with Crippen LogP contribution in [0.4, 0.5) is 19.0 Å². The molecular formula is C26H28F3N7O4. The minimum absolute atomic E-state index is 0.263. The molecule has 212 valence electrons. The Labute approximate surface area is 226 Å². The quantitative estimate of drug-likeness (QED) is 0.268. The summed E-state index contributed by atoms with van der Waals surface area (Å²) in [5.74, 6) is 0.864. The van der Waals surface area contributed by atoms with E-state index in [9.17, 15) is 23.4 Å². The van der Waals surface area contributed by atoms with Crippen LogP contribution in [0, 0.1) is 5.92 Å². The minimum atomic E-state index is -4.75. The standard InChI is InChI=1S/C26H28F3N7O4/c1-35(11-19-21(37)22(38)25(39-19)36-7-6-16-23(30)31-12-32-24(16)36)14-8-13(9-14)2-5-20-33-17-4-3-15(10-18(17)34-20)40-26(27,28)29/h2-7,10,12-14,19,21-22,25,37-38H,8-9,11H2,1H3,(H,33,34)(H2,30,31,32)/b5-2-/t13?,14?,19-,21-,22-,25-/m1/s1. The molecule has 4 heterocycles. The zero-order valence-electron chi connectivity index (χ0n) is 21.4. The van der Waals surface area contributed by atoms with Crippen LogP contribution in [0.2, 0.25) is 0 Å². The fourth-order valence-electron chi connectivity index (χ4n) is 5.40. The molecule has 4 aromatic rings. The molecule has 0 amide bonds. The molecule has 6 rings (SSSR count). The number of hydrogen-bond acceptors (Lipinski definition) is 9. The molecule has 1 aromatic carbocycles. The van der Waals surface area contributed by atoms with Crippen LogP contribution in [0.3, 0.4) is 0 Å². The maximum atomic E-state index is 12.5. The molecule has 1 aliphatic heterocycles. The lowest BCUT2D eigenvalue weighted by Crippen LogP contribution is -2.47. The summed E-state index contributed by atoms with van der Waals surface area (Å²) in [6.45, 7) is 0.429. The second kappa shape index (κ2) is 10.0. The number of ether oxygens (including phenoxy) is 2. The summed E-state index contributed by atoms with van der Waals surface area (Å²) in [5, 5.41) is 22.1. The number of nitrogens with zero attached hydrogens (tertiary/aromatic N) is 5. The van der Waals surface area contributed by atoms with Crippen molar-refractivity contribution < 1.29 is 32.9 Å². The van der Waals surface area contributed by atoms with Crippen molar-refractivity contribution in [2.24, 2.45) is 5.92 Å². The van der Waals surface area contributed by atoms with E-state index in [2.05, 4.69) is 29.6 Å². The number of aromatic amines is 1. The average Bonchev–Trinajstić information content (AvgIpc) is 3.54. The molecule has 1 saturated carbocycles. The number of nitrogen functional groups attached to an aromatic ring is 1. The summed E-state index contributed by atoms with van der Waals surface area (Å²) < 4.78 is 49.1. The molecule has 14 heteroatoms. The summed E-state index contributed by atoms with van der Waals surface area (Å²) in [4.78, 5) is 17.7. The number of aliphatic hydroxyl groups excluding tert-OH is 2. The van der Waals surface area contributed by atoms with E-state index in [1.807, 2.05) is 19.2 Å². The van der Waals surface area contributed by atoms with E-state index < -0.39 is 30.9 Å². The highest BCUT2D eigenvalue weighted by atomic mass is 19.4. The summed E-state index contributed by atoms with van der Waals surface area (Å²) in [6, 6.07) is 5.98. The molecular weight excluding hydrogens is 531 g/mol. The fourth-order valence-corrected chi connectivity index (χ4v) is 5.40. The van der Waals surface area contributed by atoms with Crippen LogP contribution >= 0.6 is 0 Å². The number of fused-ring (bicyclic) bond motifs is 2. The number of H-pyrrole nitrogens is 1. The minimum Gasteiger partial charge on any atom is -0.406 e. The number of rotatable bonds is 7. The first kappa shape index (κ1) is 26.5. The fraction of sp³-hybridized carbons (Fsp3) is 0.423. The van der Waals surface area contributed by atoms with E-state index in [-0.39, 0.29) is 11.8 Å². The van der Waals surface area contributed by atoms with Crippen LogP contribution in [0.25, 0.3) is 28.1 Å². The van der Waals surface area contributed by atoms with Crippen molar-refractivity contribution in [3.8, 4) is 5.75 Å². The number of alkyl halides is 3. The van der Waals surface area contributed by atoms with Crippen molar-refractivity contribution in [3.63, 3.8) is 0 Å². The topological polar surface area (TPSA) is 148 Å². The molecule has 0 radical (unpaired) electrons. The Hall–Kier alpha value is -3.72. The van der Waals surface area contributed by atoms with Crippen molar-refractivity contribution in [3.05, 3.63) is 48.7 Å². The zero-order valence-corrected chi connectivity index (χ0v) is 21.4. The number of aliphatic hydroxyl groups is 2. The molecule has 1 aliphatic carbocycles. The summed E-state index contributed by atoms with van der Waals surface area (Å²) in [6.07, 6.45) is 0.295. The van der Waals surface area contributed by atoms with Gasteiger partial charge in [0.15, 0.2) is 6.23 Å². The first-order valence-electron chi connectivity index (χ1n) is 12.8. The van der Waals surface area contributed by atoms with Gasteiger partial charge in [-0.25, -0.2) is 15.0 Å². The van der Waals surface area contributed by atoms with Crippen LogP contribution in [0.5, 0.6) is 5.75 Å². The molecule has 5 N–H and O–H groups in total. The van der Waals surface area contributed by atoms with Crippen LogP contribution in [0.15, 0.2) is 42.9 Å². The number of allylic oxidation sites excluding steroid dienone is 1. The Morgan fingerprint density at radius 3 is 2.80 bits per heavy atom. The molecule has 0 bridgehead atoms. The average molecular weight is 560 g/mol. The smallest absolute Gasteiger partial charge is 0.406 e. The molecule has 11 nitrogen and oxygen atoms in total. The monoisotopic (exact) mass is 559 g/mol. The van der Waals surface area contributed by atoms with Gasteiger partial charge in [-0.1, -0.05) is 6.08 Å². The van der Waals surface area contributed by atoms with Gasteiger partial charge in [0.05, 0.1) is 16.4 Å². The third kappa shape index (κ3) is 5.10. The van der Waals surface area contributed by atoms with Crippen molar-refractivity contribution in [1.82, 2.24) is 29.4 Å². The SMILES string of the molecule is CN(C[C@H]1O[C@@H](n2ccc3c(N)ncnc32)[C@H](O)[C@@H]1O)C1CC(/C=C\c2nc3ccc(OC(F)(F)F)cc3[nH]2)C1. The van der Waals surface area contributed by atoms with E-state index >= 15 is 0 Å². The van der Waals surface area contributed by atoms with Gasteiger partial charge >= 0.3 is 6.36 Å². The van der Waals surface area contributed by atoms with E-state index in [4.69, 9.17) is 10.5 Å². The normalized spacial score (nSPS) is 27.3. The van der Waals surface area contributed by atoms with Crippen LogP contribution < -0.4 is 10.5 Å². The predicted molar refractivity (Wildman–Crippen MR) is 139 cm³/mol. The second-order valence-electron chi connectivity index (χ2n) is 10.3. The summed E-state index contributed by atoms with van der Waals surface area (Å²) in [5.41, 5.74) is 7.42. The largest absolute Gasteiger partial charge is 0.573 e. The molecule has 0 unspecified atom stereocenters. The van der Waals surface area contributed by atoms with Crippen LogP contribution in [-0.4, -0.2) is 83.9 Å². The Kier molecular flexibility index (Phi) is 6.65. The lowest BCUT2D eigenvalue weighted by atomic mass is 9.79. The molecule has 0 spiro atoms. The first-order chi connectivity index (χ1) is 19.1. The van der Waals surface area contributed by atoms with Gasteiger partial charge in [-0.3, -0.25) is 0 Å². The Balaban J connectivity index is 1.03. The van der Waals surface area contributed by atoms with Crippen molar-refractivity contribution in [2.75, 3.05) is 19.3 Å². The highest BCUT2D eigenvalue weighted by Gasteiger charge is 2.45. The Bertz CT molecular complexity index is 1550. The van der Waals surface area contributed by atoms with Crippen LogP contribution in [0.1, 0.15) is 24.9 Å². The number of aromatic nitrogens is 5. The van der Waals surface area contributed by atoms with Gasteiger partial charge in [0.1, 0.15) is 47.7 Å². The van der Waals surface area contributed by atoms with Crippen LogP contribution in [-0.2, 0) is 4.74 Å². The molecule has 2 fully saturated rings. The maximum absolute atomic E-state index is 12.5. The van der Waals surface area contributed by atoms with Gasteiger partial charge in [-0.15, -0.1) is 13.2 Å². The number of hydrogen-bond donors (Lipinski definition) is 4. The van der Waals surface area contributed by atoms with Crippen molar-refractivity contribution >= 4 is 34.0 Å². The number of anilines is 1. The summed E-state index contributed by atoms with van der Waals surface area (Å²) >= 11 is 0. The number of nitrogens with two attached hydrogens (primary N) is 1. The van der Waals surface area contributed by atoms with Gasteiger partial charge in [0, 0.05) is 24.8 Å². The highest BCUT2D eigenvalue weighted by Crippen LogP contribution is 2.36. The third-order valence-electron chi connectivity index (χ3n) is 7.62. The lowest BCUT2D eigenvalue weighted by Gasteiger charge is -2.41.